The van der Waals surface area contributed by atoms with Crippen LogP contribution >= 0.6 is 0 Å². The van der Waals surface area contributed by atoms with Crippen molar-refractivity contribution in [1.82, 2.24) is 4.72 Å². The molecule has 9 heteroatoms. The second-order valence-electron chi connectivity index (χ2n) is 9.06. The van der Waals surface area contributed by atoms with Crippen LogP contribution in [0.15, 0.2) is 117 Å². The third kappa shape index (κ3) is 5.80. The summed E-state index contributed by atoms with van der Waals surface area (Å²) in [6.07, 6.45) is 0. The molecule has 0 aliphatic rings. The van der Waals surface area contributed by atoms with Crippen LogP contribution in [0, 0.1) is 6.92 Å². The smallest absolute Gasteiger partial charge is 0.336 e. The lowest BCUT2D eigenvalue weighted by Gasteiger charge is -2.18. The van der Waals surface area contributed by atoms with Gasteiger partial charge in [-0.25, -0.2) is 18.0 Å². The first-order valence-electron chi connectivity index (χ1n) is 12.3. The van der Waals surface area contributed by atoms with Crippen molar-refractivity contribution in [2.24, 2.45) is 0 Å². The Balaban J connectivity index is 1.47. The van der Waals surface area contributed by atoms with Crippen molar-refractivity contribution >= 4 is 27.0 Å². The number of aryl methyl sites for hydroxylation is 1. The average Bonchev–Trinajstić information content (AvgIpc) is 2.96. The number of hydrogen-bond donors (Lipinski definition) is 1. The highest BCUT2D eigenvalue weighted by Gasteiger charge is 2.29. The van der Waals surface area contributed by atoms with E-state index in [1.165, 1.54) is 24.3 Å². The standard InChI is InChI=1S/C31H25NO7S/c1-20-8-15-25(16-9-20)40(35,36)32-30(22-6-4-3-5-7-22)31(34)38-24-14-17-26-27(19-29(33)39-28(26)18-24)21-10-12-23(37-2)13-11-21/h3-19,30,32H,1-2H3. The van der Waals surface area contributed by atoms with Gasteiger partial charge in [-0.05, 0) is 60.0 Å². The predicted octanol–water partition coefficient (Wildman–Crippen LogP) is 5.40. The normalized spacial score (nSPS) is 12.2. The maximum atomic E-state index is 13.4. The lowest BCUT2D eigenvalue weighted by molar-refractivity contribution is -0.136. The van der Waals surface area contributed by atoms with Gasteiger partial charge >= 0.3 is 11.6 Å². The summed E-state index contributed by atoms with van der Waals surface area (Å²) in [7, 11) is -2.49. The van der Waals surface area contributed by atoms with Crippen LogP contribution in [0.5, 0.6) is 11.5 Å². The molecule has 0 radical (unpaired) electrons. The largest absolute Gasteiger partial charge is 0.497 e. The summed E-state index contributed by atoms with van der Waals surface area (Å²) < 4.78 is 45.0. The molecule has 0 saturated carbocycles. The molecular formula is C31H25NO7S. The van der Waals surface area contributed by atoms with Gasteiger partial charge in [0.1, 0.15) is 23.1 Å². The molecule has 0 bridgehead atoms. The van der Waals surface area contributed by atoms with Crippen molar-refractivity contribution in [3.8, 4) is 22.6 Å². The predicted molar refractivity (Wildman–Crippen MR) is 151 cm³/mol. The summed E-state index contributed by atoms with van der Waals surface area (Å²) in [5.74, 6) is -0.0888. The molecule has 4 aromatic carbocycles. The molecule has 0 amide bonds. The van der Waals surface area contributed by atoms with Crippen LogP contribution in [0.2, 0.25) is 0 Å². The second kappa shape index (κ2) is 11.2. The third-order valence-corrected chi connectivity index (χ3v) is 7.75. The number of benzene rings is 4. The van der Waals surface area contributed by atoms with E-state index in [2.05, 4.69) is 4.72 Å². The molecule has 0 fully saturated rings. The van der Waals surface area contributed by atoms with Crippen LogP contribution in [0.1, 0.15) is 17.2 Å². The van der Waals surface area contributed by atoms with E-state index in [0.29, 0.717) is 22.3 Å². The highest BCUT2D eigenvalue weighted by Crippen LogP contribution is 2.31. The first kappa shape index (κ1) is 26.9. The Kier molecular flexibility index (Phi) is 7.50. The van der Waals surface area contributed by atoms with Crippen LogP contribution in [-0.4, -0.2) is 21.5 Å². The molecule has 40 heavy (non-hydrogen) atoms. The fourth-order valence-corrected chi connectivity index (χ4v) is 5.40. The van der Waals surface area contributed by atoms with E-state index in [0.717, 1.165) is 11.1 Å². The molecule has 1 heterocycles. The molecule has 202 valence electrons. The molecule has 5 aromatic rings. The molecule has 0 aliphatic heterocycles. The maximum absolute atomic E-state index is 13.4. The number of methoxy groups -OCH3 is 1. The Morgan fingerprint density at radius 2 is 1.52 bits per heavy atom. The number of sulfonamides is 1. The van der Waals surface area contributed by atoms with Crippen molar-refractivity contribution in [1.29, 1.82) is 0 Å². The minimum Gasteiger partial charge on any atom is -0.497 e. The second-order valence-corrected chi connectivity index (χ2v) is 10.8. The quantitative estimate of drug-likeness (QED) is 0.155. The zero-order valence-corrected chi connectivity index (χ0v) is 22.5. The summed E-state index contributed by atoms with van der Waals surface area (Å²) in [4.78, 5) is 25.8. The number of nitrogens with one attached hydrogen (secondary N) is 1. The number of carbonyl (C=O) groups excluding carboxylic acids is 1. The molecule has 0 saturated heterocycles. The van der Waals surface area contributed by atoms with Gasteiger partial charge in [-0.15, -0.1) is 0 Å². The molecule has 0 spiro atoms. The van der Waals surface area contributed by atoms with Gasteiger partial charge in [0.05, 0.1) is 12.0 Å². The van der Waals surface area contributed by atoms with Gasteiger partial charge < -0.3 is 13.9 Å². The van der Waals surface area contributed by atoms with Gasteiger partial charge in [-0.1, -0.05) is 60.2 Å². The molecule has 1 N–H and O–H groups in total. The molecular weight excluding hydrogens is 530 g/mol. The summed E-state index contributed by atoms with van der Waals surface area (Å²) >= 11 is 0. The third-order valence-electron chi connectivity index (χ3n) is 6.31. The minimum absolute atomic E-state index is 0.0189. The fraction of sp³-hybridized carbons (Fsp3) is 0.0968. The highest BCUT2D eigenvalue weighted by molar-refractivity contribution is 7.89. The van der Waals surface area contributed by atoms with Crippen molar-refractivity contribution in [3.05, 3.63) is 125 Å². The Bertz CT molecular complexity index is 1830. The van der Waals surface area contributed by atoms with Crippen LogP contribution in [0.4, 0.5) is 0 Å². The van der Waals surface area contributed by atoms with E-state index in [4.69, 9.17) is 13.9 Å². The Morgan fingerprint density at radius 1 is 0.850 bits per heavy atom. The van der Waals surface area contributed by atoms with E-state index in [9.17, 15) is 18.0 Å². The Labute approximate surface area is 230 Å². The number of ether oxygens (including phenoxy) is 2. The van der Waals surface area contributed by atoms with Gasteiger partial charge in [0.2, 0.25) is 10.0 Å². The van der Waals surface area contributed by atoms with Crippen molar-refractivity contribution in [2.45, 2.75) is 17.9 Å². The first-order valence-corrected chi connectivity index (χ1v) is 13.8. The minimum atomic E-state index is -4.06. The van der Waals surface area contributed by atoms with E-state index < -0.39 is 27.7 Å². The SMILES string of the molecule is COc1ccc(-c2cc(=O)oc3cc(OC(=O)C(NS(=O)(=O)c4ccc(C)cc4)c4ccccc4)ccc23)cc1. The van der Waals surface area contributed by atoms with E-state index in [1.54, 1.807) is 73.8 Å². The summed E-state index contributed by atoms with van der Waals surface area (Å²) in [5, 5.41) is 0.629. The van der Waals surface area contributed by atoms with E-state index in [-0.39, 0.29) is 16.2 Å². The molecule has 1 unspecified atom stereocenters. The number of hydrogen-bond acceptors (Lipinski definition) is 7. The number of rotatable bonds is 8. The summed E-state index contributed by atoms with van der Waals surface area (Å²) in [6.45, 7) is 1.85. The van der Waals surface area contributed by atoms with Crippen molar-refractivity contribution in [3.63, 3.8) is 0 Å². The Morgan fingerprint density at radius 3 is 2.20 bits per heavy atom. The zero-order valence-electron chi connectivity index (χ0n) is 21.7. The molecule has 1 atom stereocenters. The topological polar surface area (TPSA) is 112 Å². The monoisotopic (exact) mass is 555 g/mol. The summed E-state index contributed by atoms with van der Waals surface area (Å²) in [5.41, 5.74) is 2.35. The zero-order chi connectivity index (χ0) is 28.3. The van der Waals surface area contributed by atoms with Gasteiger partial charge in [-0.2, -0.15) is 4.72 Å². The first-order chi connectivity index (χ1) is 19.2. The van der Waals surface area contributed by atoms with E-state index in [1.807, 2.05) is 19.1 Å². The van der Waals surface area contributed by atoms with Gasteiger partial charge in [0, 0.05) is 17.5 Å². The fourth-order valence-electron chi connectivity index (χ4n) is 4.23. The Hall–Kier alpha value is -4.73. The van der Waals surface area contributed by atoms with Crippen molar-refractivity contribution < 1.29 is 27.1 Å². The van der Waals surface area contributed by atoms with Crippen molar-refractivity contribution in [2.75, 3.05) is 7.11 Å². The van der Waals surface area contributed by atoms with Gasteiger partial charge in [0.25, 0.3) is 0 Å². The lowest BCUT2D eigenvalue weighted by atomic mass is 10.0. The molecule has 5 rings (SSSR count). The highest BCUT2D eigenvalue weighted by atomic mass is 32.2. The number of carbonyl (C=O) groups is 1. The van der Waals surface area contributed by atoms with Gasteiger partial charge in [0.15, 0.2) is 0 Å². The van der Waals surface area contributed by atoms with Gasteiger partial charge in [-0.3, -0.25) is 0 Å². The number of fused-ring (bicyclic) bond motifs is 1. The van der Waals surface area contributed by atoms with Crippen LogP contribution in [0.25, 0.3) is 22.1 Å². The van der Waals surface area contributed by atoms with Crippen LogP contribution in [0.3, 0.4) is 0 Å². The van der Waals surface area contributed by atoms with E-state index >= 15 is 0 Å². The number of esters is 1. The molecule has 0 aliphatic carbocycles. The molecule has 1 aromatic heterocycles. The van der Waals surface area contributed by atoms with Crippen LogP contribution < -0.4 is 19.8 Å². The summed E-state index contributed by atoms with van der Waals surface area (Å²) in [6, 6.07) is 26.6. The maximum Gasteiger partial charge on any atom is 0.336 e. The van der Waals surface area contributed by atoms with Crippen LogP contribution in [-0.2, 0) is 14.8 Å². The average molecular weight is 556 g/mol. The lowest BCUT2D eigenvalue weighted by Crippen LogP contribution is -2.36. The molecule has 8 nitrogen and oxygen atoms in total.